The molecule has 1 amide bonds. The van der Waals surface area contributed by atoms with Gasteiger partial charge in [-0.15, -0.1) is 0 Å². The second-order valence-corrected chi connectivity index (χ2v) is 8.82. The van der Waals surface area contributed by atoms with Gasteiger partial charge in [-0.05, 0) is 42.4 Å². The Morgan fingerprint density at radius 2 is 1.85 bits per heavy atom. The van der Waals surface area contributed by atoms with Crippen LogP contribution < -0.4 is 9.47 Å². The molecule has 0 spiro atoms. The highest BCUT2D eigenvalue weighted by Crippen LogP contribution is 2.46. The number of aliphatic imine (C=N–C) groups is 1. The number of amides is 1. The third-order valence-corrected chi connectivity index (χ3v) is 7.03. The van der Waals surface area contributed by atoms with Crippen LogP contribution in [0, 0.1) is 0 Å². The van der Waals surface area contributed by atoms with Crippen LogP contribution in [0.15, 0.2) is 45.6 Å². The van der Waals surface area contributed by atoms with Crippen molar-refractivity contribution in [1.29, 1.82) is 0 Å². The highest BCUT2D eigenvalue weighted by molar-refractivity contribution is 8.16. The van der Waals surface area contributed by atoms with Gasteiger partial charge in [-0.1, -0.05) is 24.8 Å². The summed E-state index contributed by atoms with van der Waals surface area (Å²) in [6.45, 7) is 3.56. The van der Waals surface area contributed by atoms with Crippen LogP contribution in [0.5, 0.6) is 11.5 Å². The maximum Gasteiger partial charge on any atom is 0.338 e. The van der Waals surface area contributed by atoms with Crippen LogP contribution in [0.25, 0.3) is 0 Å². The summed E-state index contributed by atoms with van der Waals surface area (Å²) >= 11 is 1.48. The topological polar surface area (TPSA) is 80.7 Å². The number of hydrogen-bond acceptors (Lipinski definition) is 8. The molecule has 3 aliphatic rings. The molecule has 1 fully saturated rings. The maximum atomic E-state index is 13.0. The Morgan fingerprint density at radius 1 is 1.12 bits per heavy atom. The first-order valence-electron chi connectivity index (χ1n) is 11.1. The molecule has 0 saturated carbocycles. The minimum atomic E-state index is -0.493. The van der Waals surface area contributed by atoms with Crippen molar-refractivity contribution in [2.45, 2.75) is 38.6 Å². The quantitative estimate of drug-likeness (QED) is 0.559. The minimum Gasteiger partial charge on any atom is -0.493 e. The number of nitrogens with zero attached hydrogens (tertiary/aromatic N) is 3. The molecule has 1 saturated heterocycles. The molecule has 4 rings (SSSR count). The van der Waals surface area contributed by atoms with Gasteiger partial charge in [-0.2, -0.15) is 0 Å². The van der Waals surface area contributed by atoms with Crippen LogP contribution in [-0.2, 0) is 14.3 Å². The first-order chi connectivity index (χ1) is 16.0. The van der Waals surface area contributed by atoms with Gasteiger partial charge in [0.05, 0.1) is 45.1 Å². The fraction of sp³-hybridized carbons (Fsp3) is 0.458. The number of ether oxygens (including phenoxy) is 3. The Morgan fingerprint density at radius 3 is 2.48 bits per heavy atom. The van der Waals surface area contributed by atoms with Crippen molar-refractivity contribution in [3.63, 3.8) is 0 Å². The molecule has 0 N–H and O–H groups in total. The van der Waals surface area contributed by atoms with Crippen molar-refractivity contribution in [3.8, 4) is 11.5 Å². The van der Waals surface area contributed by atoms with Crippen molar-refractivity contribution in [2.75, 3.05) is 34.4 Å². The van der Waals surface area contributed by atoms with E-state index in [0.717, 1.165) is 42.4 Å². The first kappa shape index (κ1) is 23.2. The molecule has 0 aliphatic carbocycles. The van der Waals surface area contributed by atoms with Crippen molar-refractivity contribution < 1.29 is 23.8 Å². The van der Waals surface area contributed by atoms with E-state index in [1.165, 1.54) is 18.9 Å². The molecule has 33 heavy (non-hydrogen) atoms. The predicted molar refractivity (Wildman–Crippen MR) is 127 cm³/mol. The molecule has 8 nitrogen and oxygen atoms in total. The zero-order valence-corrected chi connectivity index (χ0v) is 20.2. The molecular weight excluding hydrogens is 442 g/mol. The Kier molecular flexibility index (Phi) is 6.97. The molecule has 0 radical (unpaired) electrons. The minimum absolute atomic E-state index is 0.0940. The Labute approximate surface area is 198 Å². The largest absolute Gasteiger partial charge is 0.493 e. The highest BCUT2D eigenvalue weighted by atomic mass is 32.2. The highest BCUT2D eigenvalue weighted by Gasteiger charge is 2.42. The summed E-state index contributed by atoms with van der Waals surface area (Å²) in [6, 6.07) is 5.11. The zero-order chi connectivity index (χ0) is 23.5. The average Bonchev–Trinajstić information content (AvgIpc) is 3.52. The van der Waals surface area contributed by atoms with E-state index in [2.05, 4.69) is 0 Å². The van der Waals surface area contributed by atoms with Crippen LogP contribution in [0.2, 0.25) is 0 Å². The van der Waals surface area contributed by atoms with Crippen molar-refractivity contribution in [2.24, 2.45) is 4.99 Å². The standard InChI is InChI=1S/C24H29N3O5S/c1-5-17-21(23(29)32-4)22(15-8-9-18(30-2)19(12-15)31-3)27-16(14-33-24(27)25-17)13-20(28)26-10-6-7-11-26/h8-9,12,14,22H,5-7,10-11,13H2,1-4H3. The van der Waals surface area contributed by atoms with Crippen LogP contribution >= 0.6 is 11.8 Å². The van der Waals surface area contributed by atoms with E-state index in [9.17, 15) is 9.59 Å². The van der Waals surface area contributed by atoms with Gasteiger partial charge in [0.25, 0.3) is 0 Å². The van der Waals surface area contributed by atoms with E-state index in [4.69, 9.17) is 19.2 Å². The van der Waals surface area contributed by atoms with E-state index in [1.807, 2.05) is 40.3 Å². The van der Waals surface area contributed by atoms with E-state index in [-0.39, 0.29) is 12.3 Å². The van der Waals surface area contributed by atoms with Crippen LogP contribution in [0.1, 0.15) is 44.2 Å². The Bertz CT molecular complexity index is 1040. The summed E-state index contributed by atoms with van der Waals surface area (Å²) in [5.41, 5.74) is 2.80. The Balaban J connectivity index is 1.78. The van der Waals surface area contributed by atoms with Crippen molar-refractivity contribution in [3.05, 3.63) is 46.1 Å². The average molecular weight is 472 g/mol. The van der Waals surface area contributed by atoms with E-state index in [0.29, 0.717) is 29.2 Å². The fourth-order valence-corrected chi connectivity index (χ4v) is 5.42. The van der Waals surface area contributed by atoms with Crippen LogP contribution in [0.4, 0.5) is 0 Å². The zero-order valence-electron chi connectivity index (χ0n) is 19.4. The van der Waals surface area contributed by atoms with E-state index < -0.39 is 12.0 Å². The summed E-state index contributed by atoms with van der Waals surface area (Å²) in [4.78, 5) is 34.6. The van der Waals surface area contributed by atoms with Crippen molar-refractivity contribution >= 4 is 28.8 Å². The molecule has 0 bridgehead atoms. The summed E-state index contributed by atoms with van der Waals surface area (Å²) in [7, 11) is 4.54. The lowest BCUT2D eigenvalue weighted by molar-refractivity contribution is -0.136. The van der Waals surface area contributed by atoms with Gasteiger partial charge in [0.2, 0.25) is 5.91 Å². The molecule has 1 aromatic rings. The molecule has 3 heterocycles. The van der Waals surface area contributed by atoms with Gasteiger partial charge in [-0.3, -0.25) is 4.79 Å². The monoisotopic (exact) mass is 471 g/mol. The van der Waals surface area contributed by atoms with Gasteiger partial charge >= 0.3 is 5.97 Å². The van der Waals surface area contributed by atoms with Gasteiger partial charge in [0.15, 0.2) is 16.7 Å². The molecule has 1 unspecified atom stereocenters. The molecule has 0 aromatic heterocycles. The van der Waals surface area contributed by atoms with Crippen LogP contribution in [0.3, 0.4) is 0 Å². The Hall–Kier alpha value is -2.94. The number of thioether (sulfide) groups is 1. The van der Waals surface area contributed by atoms with E-state index >= 15 is 0 Å². The third kappa shape index (κ3) is 4.34. The molecule has 9 heteroatoms. The lowest BCUT2D eigenvalue weighted by Gasteiger charge is -2.37. The second-order valence-electron chi connectivity index (χ2n) is 7.98. The number of esters is 1. The molecule has 1 aromatic carbocycles. The number of carbonyl (C=O) groups is 2. The summed E-state index contributed by atoms with van der Waals surface area (Å²) in [6.07, 6.45) is 2.92. The number of likely N-dealkylation sites (tertiary alicyclic amines) is 1. The number of hydrogen-bond donors (Lipinski definition) is 0. The van der Waals surface area contributed by atoms with Crippen LogP contribution in [-0.4, -0.2) is 61.3 Å². The molecule has 3 aliphatic heterocycles. The predicted octanol–water partition coefficient (Wildman–Crippen LogP) is 3.85. The second kappa shape index (κ2) is 9.91. The van der Waals surface area contributed by atoms with Gasteiger partial charge in [-0.25, -0.2) is 9.79 Å². The number of allylic oxidation sites excluding steroid dienone is 1. The number of methoxy groups -OCH3 is 3. The fourth-order valence-electron chi connectivity index (χ4n) is 4.48. The molecule has 176 valence electrons. The lowest BCUT2D eigenvalue weighted by atomic mass is 9.92. The van der Waals surface area contributed by atoms with Gasteiger partial charge in [0.1, 0.15) is 0 Å². The number of carbonyl (C=O) groups excluding carboxylic acids is 2. The smallest absolute Gasteiger partial charge is 0.338 e. The molecular formula is C24H29N3O5S. The maximum absolute atomic E-state index is 13.0. The number of fused-ring (bicyclic) bond motifs is 1. The third-order valence-electron chi connectivity index (χ3n) is 6.14. The summed E-state index contributed by atoms with van der Waals surface area (Å²) in [5.74, 6) is 0.820. The lowest BCUT2D eigenvalue weighted by Crippen LogP contribution is -2.38. The van der Waals surface area contributed by atoms with Gasteiger partial charge < -0.3 is 24.0 Å². The normalized spacial score (nSPS) is 19.8. The number of benzene rings is 1. The first-order valence-corrected chi connectivity index (χ1v) is 11.9. The number of amidine groups is 1. The van der Waals surface area contributed by atoms with Gasteiger partial charge in [0, 0.05) is 18.8 Å². The summed E-state index contributed by atoms with van der Waals surface area (Å²) < 4.78 is 16.1. The SMILES string of the molecule is CCC1=C(C(=O)OC)C(c2ccc(OC)c(OC)c2)N2C(CC(=O)N3CCCC3)=CSC2=N1. The molecule has 1 atom stereocenters. The number of rotatable bonds is 7. The van der Waals surface area contributed by atoms with Crippen molar-refractivity contribution in [1.82, 2.24) is 9.80 Å². The summed E-state index contributed by atoms with van der Waals surface area (Å²) in [5, 5.41) is 2.72. The van der Waals surface area contributed by atoms with E-state index in [1.54, 1.807) is 14.2 Å².